The molecule has 25 heavy (non-hydrogen) atoms. The molecule has 6 heteroatoms. The predicted molar refractivity (Wildman–Crippen MR) is 118 cm³/mol. The Morgan fingerprint density at radius 2 is 0.960 bits per heavy atom. The summed E-state index contributed by atoms with van der Waals surface area (Å²) < 4.78 is 15.4. The number of ether oxygens (including phenoxy) is 2. The van der Waals surface area contributed by atoms with E-state index >= 15 is 0 Å². The van der Waals surface area contributed by atoms with Gasteiger partial charge in [0.05, 0.1) is 31.1 Å². The van der Waals surface area contributed by atoms with E-state index in [9.17, 15) is 0 Å². The molecule has 0 aliphatic carbocycles. The van der Waals surface area contributed by atoms with Crippen LogP contribution in [-0.2, 0) is 6.42 Å². The Hall–Kier alpha value is -0.0400. The van der Waals surface area contributed by atoms with E-state index in [1.165, 1.54) is 11.1 Å². The molecule has 0 aromatic heterocycles. The second-order valence-corrected chi connectivity index (χ2v) is 9.07. The molecule has 2 aromatic carbocycles. The maximum absolute atomic E-state index is 5.79. The molecule has 2 nitrogen and oxygen atoms in total. The summed E-state index contributed by atoms with van der Waals surface area (Å²) in [6, 6.07) is 8.44. The first kappa shape index (κ1) is 21.3. The zero-order valence-electron chi connectivity index (χ0n) is 14.2. The lowest BCUT2D eigenvalue weighted by Gasteiger charge is -2.14. The van der Waals surface area contributed by atoms with Gasteiger partial charge in [0.1, 0.15) is 11.5 Å². The van der Waals surface area contributed by atoms with Gasteiger partial charge in [0, 0.05) is 0 Å². The SMILES string of the molecule is CCCOc1c(Br)cc(Cc2cc(Br)c(OCCC)c(Br)c2)cc1Br. The number of halogens is 4. The number of hydrogen-bond donors (Lipinski definition) is 0. The van der Waals surface area contributed by atoms with Gasteiger partial charge in [-0.15, -0.1) is 0 Å². The number of benzene rings is 2. The topological polar surface area (TPSA) is 18.5 Å². The summed E-state index contributed by atoms with van der Waals surface area (Å²) in [5, 5.41) is 0. The highest BCUT2D eigenvalue weighted by Gasteiger charge is 2.12. The van der Waals surface area contributed by atoms with E-state index in [2.05, 4.69) is 102 Å². The van der Waals surface area contributed by atoms with Crippen LogP contribution in [0.25, 0.3) is 0 Å². The fourth-order valence-electron chi connectivity index (χ4n) is 2.35. The van der Waals surface area contributed by atoms with Crippen LogP contribution in [0.5, 0.6) is 11.5 Å². The van der Waals surface area contributed by atoms with Crippen molar-refractivity contribution in [1.29, 1.82) is 0 Å². The minimum absolute atomic E-state index is 0.704. The van der Waals surface area contributed by atoms with Crippen molar-refractivity contribution in [3.8, 4) is 11.5 Å². The maximum atomic E-state index is 5.79. The average Bonchev–Trinajstić information content (AvgIpc) is 2.53. The molecule has 0 unspecified atom stereocenters. The lowest BCUT2D eigenvalue weighted by Crippen LogP contribution is -1.99. The van der Waals surface area contributed by atoms with Crippen molar-refractivity contribution in [2.45, 2.75) is 33.1 Å². The molecule has 0 saturated carbocycles. The van der Waals surface area contributed by atoms with Crippen molar-refractivity contribution in [2.75, 3.05) is 13.2 Å². The van der Waals surface area contributed by atoms with E-state index in [1.807, 2.05) is 0 Å². The maximum Gasteiger partial charge on any atom is 0.147 e. The van der Waals surface area contributed by atoms with E-state index in [4.69, 9.17) is 9.47 Å². The lowest BCUT2D eigenvalue weighted by atomic mass is 10.0. The van der Waals surface area contributed by atoms with Gasteiger partial charge in [-0.3, -0.25) is 0 Å². The summed E-state index contributed by atoms with van der Waals surface area (Å²) >= 11 is 14.5. The molecule has 0 fully saturated rings. The molecule has 0 radical (unpaired) electrons. The van der Waals surface area contributed by atoms with Gasteiger partial charge in [0.2, 0.25) is 0 Å². The van der Waals surface area contributed by atoms with Gasteiger partial charge >= 0.3 is 0 Å². The molecule has 0 N–H and O–H groups in total. The molecule has 0 saturated heterocycles. The molecule has 0 aliphatic rings. The van der Waals surface area contributed by atoms with Crippen LogP contribution in [0.15, 0.2) is 42.2 Å². The Morgan fingerprint density at radius 1 is 0.640 bits per heavy atom. The van der Waals surface area contributed by atoms with Gasteiger partial charge < -0.3 is 9.47 Å². The first-order valence-electron chi connectivity index (χ1n) is 8.17. The second kappa shape index (κ2) is 10.3. The summed E-state index contributed by atoms with van der Waals surface area (Å²) in [5.74, 6) is 1.72. The summed E-state index contributed by atoms with van der Waals surface area (Å²) in [7, 11) is 0. The van der Waals surface area contributed by atoms with Crippen molar-refractivity contribution in [3.05, 3.63) is 53.3 Å². The van der Waals surface area contributed by atoms with Gasteiger partial charge in [-0.1, -0.05) is 13.8 Å². The normalized spacial score (nSPS) is 10.8. The van der Waals surface area contributed by atoms with Crippen molar-refractivity contribution in [2.24, 2.45) is 0 Å². The zero-order valence-corrected chi connectivity index (χ0v) is 20.5. The molecule has 136 valence electrons. The Kier molecular flexibility index (Phi) is 8.79. The van der Waals surface area contributed by atoms with Crippen LogP contribution >= 0.6 is 63.7 Å². The van der Waals surface area contributed by atoms with E-state index in [0.717, 1.165) is 48.7 Å². The quantitative estimate of drug-likeness (QED) is 0.307. The average molecular weight is 600 g/mol. The minimum atomic E-state index is 0.704. The fraction of sp³-hybridized carbons (Fsp3) is 0.368. The van der Waals surface area contributed by atoms with E-state index in [-0.39, 0.29) is 0 Å². The van der Waals surface area contributed by atoms with E-state index < -0.39 is 0 Å². The Morgan fingerprint density at radius 3 is 1.24 bits per heavy atom. The summed E-state index contributed by atoms with van der Waals surface area (Å²) in [6.07, 6.45) is 2.78. The molecular formula is C19H20Br4O2. The number of rotatable bonds is 8. The molecule has 0 heterocycles. The molecule has 2 aromatic rings. The summed E-state index contributed by atoms with van der Waals surface area (Å²) in [6.45, 7) is 5.60. The van der Waals surface area contributed by atoms with Crippen LogP contribution < -0.4 is 9.47 Å². The standard InChI is InChI=1S/C19H20Br4O2/c1-3-5-24-18-14(20)8-12(9-15(18)21)7-13-10-16(22)19(17(23)11-13)25-6-4-2/h8-11H,3-7H2,1-2H3. The molecule has 0 aliphatic heterocycles. The third-order valence-electron chi connectivity index (χ3n) is 3.43. The summed E-state index contributed by atoms with van der Waals surface area (Å²) in [4.78, 5) is 0. The molecule has 0 bridgehead atoms. The van der Waals surface area contributed by atoms with Crippen LogP contribution in [0.2, 0.25) is 0 Å². The Balaban J connectivity index is 2.22. The monoisotopic (exact) mass is 596 g/mol. The smallest absolute Gasteiger partial charge is 0.147 e. The van der Waals surface area contributed by atoms with Crippen molar-refractivity contribution in [3.63, 3.8) is 0 Å². The summed E-state index contributed by atoms with van der Waals surface area (Å²) in [5.41, 5.74) is 2.40. The van der Waals surface area contributed by atoms with Crippen LogP contribution in [0.1, 0.15) is 37.8 Å². The van der Waals surface area contributed by atoms with Crippen molar-refractivity contribution in [1.82, 2.24) is 0 Å². The van der Waals surface area contributed by atoms with Gasteiger partial charge in [0.25, 0.3) is 0 Å². The van der Waals surface area contributed by atoms with Crippen molar-refractivity contribution >= 4 is 63.7 Å². The van der Waals surface area contributed by atoms with Crippen LogP contribution in [-0.4, -0.2) is 13.2 Å². The van der Waals surface area contributed by atoms with Gasteiger partial charge in [0.15, 0.2) is 0 Å². The molecular weight excluding hydrogens is 580 g/mol. The highest BCUT2D eigenvalue weighted by molar-refractivity contribution is 9.11. The molecule has 0 spiro atoms. The molecule has 2 rings (SSSR count). The third-order valence-corrected chi connectivity index (χ3v) is 5.78. The highest BCUT2D eigenvalue weighted by Crippen LogP contribution is 2.38. The second-order valence-electron chi connectivity index (χ2n) is 5.65. The first-order chi connectivity index (χ1) is 12.0. The Labute approximate surface area is 183 Å². The van der Waals surface area contributed by atoms with Gasteiger partial charge in [-0.2, -0.15) is 0 Å². The largest absolute Gasteiger partial charge is 0.491 e. The van der Waals surface area contributed by atoms with E-state index in [0.29, 0.717) is 13.2 Å². The Bertz CT molecular complexity index is 624. The molecule has 0 atom stereocenters. The fourth-order valence-corrected chi connectivity index (χ4v) is 5.37. The van der Waals surface area contributed by atoms with Gasteiger partial charge in [-0.25, -0.2) is 0 Å². The predicted octanol–water partition coefficient (Wildman–Crippen LogP) is 7.91. The lowest BCUT2D eigenvalue weighted by molar-refractivity contribution is 0.313. The van der Waals surface area contributed by atoms with E-state index in [1.54, 1.807) is 0 Å². The minimum Gasteiger partial charge on any atom is -0.491 e. The van der Waals surface area contributed by atoms with Crippen molar-refractivity contribution < 1.29 is 9.47 Å². The zero-order chi connectivity index (χ0) is 18.4. The highest BCUT2D eigenvalue weighted by atomic mass is 79.9. The van der Waals surface area contributed by atoms with Crippen LogP contribution in [0.4, 0.5) is 0 Å². The van der Waals surface area contributed by atoms with Crippen LogP contribution in [0, 0.1) is 0 Å². The third kappa shape index (κ3) is 5.98. The van der Waals surface area contributed by atoms with Gasteiger partial charge in [-0.05, 0) is 118 Å². The number of hydrogen-bond acceptors (Lipinski definition) is 2. The molecule has 0 amide bonds. The first-order valence-corrected chi connectivity index (χ1v) is 11.3. The van der Waals surface area contributed by atoms with Crippen LogP contribution in [0.3, 0.4) is 0 Å².